The number of hydrogen-bond acceptors (Lipinski definition) is 6. The molecule has 0 radical (unpaired) electrons. The van der Waals surface area contributed by atoms with Crippen LogP contribution in [0.5, 0.6) is 5.75 Å². The monoisotopic (exact) mass is 647 g/mol. The van der Waals surface area contributed by atoms with Crippen LogP contribution in [0.15, 0.2) is 42.5 Å². The lowest BCUT2D eigenvalue weighted by Crippen LogP contribution is -2.77. The maximum Gasteiger partial charge on any atom is 0.255 e. The average molecular weight is 648 g/mol. The van der Waals surface area contributed by atoms with Crippen molar-refractivity contribution in [3.05, 3.63) is 64.7 Å². The van der Waals surface area contributed by atoms with E-state index in [9.17, 15) is 14.4 Å². The highest BCUT2D eigenvalue weighted by Gasteiger charge is 2.66. The number of fused-ring (bicyclic) bond motifs is 1. The summed E-state index contributed by atoms with van der Waals surface area (Å²) in [6.07, 6.45) is 0. The summed E-state index contributed by atoms with van der Waals surface area (Å²) in [5, 5.41) is 2.54. The predicted octanol–water partition coefficient (Wildman–Crippen LogP) is 7.27. The fourth-order valence-corrected chi connectivity index (χ4v) is 7.53. The molecule has 258 valence electrons. The van der Waals surface area contributed by atoms with Crippen LogP contribution in [-0.4, -0.2) is 55.3 Å². The number of hydrogen-bond donors (Lipinski definition) is 1. The number of nitrogens with one attached hydrogen (secondary N) is 1. The van der Waals surface area contributed by atoms with Crippen LogP contribution in [0.3, 0.4) is 0 Å². The molecule has 47 heavy (non-hydrogen) atoms. The molecule has 1 unspecified atom stereocenters. The fraction of sp³-hybridized carbons (Fsp3) is 0.615. The molecule has 8 heteroatoms. The van der Waals surface area contributed by atoms with E-state index in [4.69, 9.17) is 9.47 Å². The van der Waals surface area contributed by atoms with E-state index >= 15 is 0 Å². The molecule has 8 nitrogen and oxygen atoms in total. The lowest BCUT2D eigenvalue weighted by molar-refractivity contribution is -0.294. The molecule has 0 aliphatic carbocycles. The SMILES string of the molecule is C.CC1(C)OC(C)(C)C(C)(C)N(Cc2ccc(COc3cccc4c3CN(C3(C)C(=O)NC(=O)C(C)(C)C3(C)C)C4=O)cc2)C1(C)C. The molecule has 1 N–H and O–H groups in total. The van der Waals surface area contributed by atoms with E-state index in [1.165, 1.54) is 5.56 Å². The van der Waals surface area contributed by atoms with Gasteiger partial charge in [-0.2, -0.15) is 0 Å². The Morgan fingerprint density at radius 1 is 0.745 bits per heavy atom. The smallest absolute Gasteiger partial charge is 0.255 e. The largest absolute Gasteiger partial charge is 0.489 e. The van der Waals surface area contributed by atoms with Crippen LogP contribution in [0.25, 0.3) is 0 Å². The van der Waals surface area contributed by atoms with E-state index < -0.39 is 22.3 Å². The summed E-state index contributed by atoms with van der Waals surface area (Å²) in [6.45, 7) is 28.3. The van der Waals surface area contributed by atoms with E-state index in [-0.39, 0.29) is 48.1 Å². The fourth-order valence-electron chi connectivity index (χ4n) is 7.53. The number of nitrogens with zero attached hydrogens (tertiary/aromatic N) is 2. The van der Waals surface area contributed by atoms with Crippen LogP contribution in [0.1, 0.15) is 124 Å². The zero-order valence-electron chi connectivity index (χ0n) is 30.1. The molecule has 0 bridgehead atoms. The van der Waals surface area contributed by atoms with E-state index in [1.54, 1.807) is 17.9 Å². The molecule has 2 fully saturated rings. The van der Waals surface area contributed by atoms with Crippen LogP contribution in [0.2, 0.25) is 0 Å². The first-order valence-electron chi connectivity index (χ1n) is 16.4. The number of piperidine rings is 1. The molecule has 0 spiro atoms. The Kier molecular flexibility index (Phi) is 8.69. The van der Waals surface area contributed by atoms with Gasteiger partial charge < -0.3 is 14.4 Å². The molecular weight excluding hydrogens is 590 g/mol. The number of carbonyl (C=O) groups excluding carboxylic acids is 3. The lowest BCUT2D eigenvalue weighted by Gasteiger charge is -2.66. The van der Waals surface area contributed by atoms with Gasteiger partial charge in [-0.05, 0) is 85.6 Å². The van der Waals surface area contributed by atoms with Crippen LogP contribution in [0, 0.1) is 10.8 Å². The Morgan fingerprint density at radius 2 is 1.28 bits per heavy atom. The third kappa shape index (κ3) is 5.13. The molecule has 3 aliphatic heterocycles. The van der Waals surface area contributed by atoms with Crippen LogP contribution >= 0.6 is 0 Å². The van der Waals surface area contributed by atoms with Crippen molar-refractivity contribution in [3.8, 4) is 5.75 Å². The molecule has 2 aromatic carbocycles. The highest BCUT2D eigenvalue weighted by molar-refractivity contribution is 6.10. The average Bonchev–Trinajstić information content (AvgIpc) is 3.29. The van der Waals surface area contributed by atoms with Crippen molar-refractivity contribution in [2.24, 2.45) is 10.8 Å². The second-order valence-corrected chi connectivity index (χ2v) is 16.7. The van der Waals surface area contributed by atoms with Crippen LogP contribution in [0.4, 0.5) is 0 Å². The first kappa shape index (κ1) is 36.6. The number of ether oxygens (including phenoxy) is 2. The molecule has 0 saturated carbocycles. The van der Waals surface area contributed by atoms with E-state index in [1.807, 2.05) is 39.8 Å². The van der Waals surface area contributed by atoms with E-state index in [2.05, 4.69) is 89.9 Å². The van der Waals surface area contributed by atoms with Crippen LogP contribution < -0.4 is 10.1 Å². The normalized spacial score (nSPS) is 26.7. The van der Waals surface area contributed by atoms with Crippen molar-refractivity contribution in [3.63, 3.8) is 0 Å². The first-order valence-corrected chi connectivity index (χ1v) is 16.4. The highest BCUT2D eigenvalue weighted by atomic mass is 16.5. The van der Waals surface area contributed by atoms with Gasteiger partial charge in [0.05, 0.1) is 23.2 Å². The van der Waals surface area contributed by atoms with Gasteiger partial charge in [0.1, 0.15) is 17.9 Å². The quantitative estimate of drug-likeness (QED) is 0.332. The third-order valence-corrected chi connectivity index (χ3v) is 13.0. The van der Waals surface area contributed by atoms with Gasteiger partial charge in [0.15, 0.2) is 0 Å². The standard InChI is InChI=1S/C38H53N3O5.CH4/c1-32(2)30(43)39-31(44)38(13,33(32,3)4)40-22-27-26(29(40)42)15-14-16-28(27)45-23-25-19-17-24(18-20-25)21-41-34(5,6)36(9,10)46-37(11,12)35(41,7)8;/h14-20H,21-23H2,1-13H3,(H,39,43,44);1H4. The van der Waals surface area contributed by atoms with Crippen molar-refractivity contribution in [1.82, 2.24) is 15.1 Å². The number of benzene rings is 2. The third-order valence-electron chi connectivity index (χ3n) is 13.0. The van der Waals surface area contributed by atoms with E-state index in [0.29, 0.717) is 17.9 Å². The Morgan fingerprint density at radius 3 is 1.83 bits per heavy atom. The summed E-state index contributed by atoms with van der Waals surface area (Å²) >= 11 is 0. The van der Waals surface area contributed by atoms with Crippen molar-refractivity contribution in [2.45, 2.75) is 145 Å². The van der Waals surface area contributed by atoms with Gasteiger partial charge in [-0.15, -0.1) is 0 Å². The Labute approximate surface area is 282 Å². The molecule has 5 rings (SSSR count). The second-order valence-electron chi connectivity index (χ2n) is 16.7. The topological polar surface area (TPSA) is 88.2 Å². The van der Waals surface area contributed by atoms with Crippen molar-refractivity contribution >= 4 is 17.7 Å². The number of amides is 3. The van der Waals surface area contributed by atoms with Gasteiger partial charge in [0.25, 0.3) is 11.8 Å². The lowest BCUT2D eigenvalue weighted by atomic mass is 9.54. The van der Waals surface area contributed by atoms with Gasteiger partial charge in [-0.25, -0.2) is 0 Å². The summed E-state index contributed by atoms with van der Waals surface area (Å²) in [5.41, 5.74) is -0.547. The van der Waals surface area contributed by atoms with Gasteiger partial charge in [-0.1, -0.05) is 65.5 Å². The molecule has 0 aromatic heterocycles. The molecule has 2 aromatic rings. The zero-order chi connectivity index (χ0) is 34.5. The summed E-state index contributed by atoms with van der Waals surface area (Å²) < 4.78 is 13.0. The van der Waals surface area contributed by atoms with Gasteiger partial charge in [0.2, 0.25) is 5.91 Å². The Bertz CT molecular complexity index is 1560. The maximum atomic E-state index is 13.8. The summed E-state index contributed by atoms with van der Waals surface area (Å²) in [4.78, 5) is 44.2. The summed E-state index contributed by atoms with van der Waals surface area (Å²) in [7, 11) is 0. The minimum absolute atomic E-state index is 0. The predicted molar refractivity (Wildman–Crippen MR) is 186 cm³/mol. The van der Waals surface area contributed by atoms with Crippen LogP contribution in [-0.2, 0) is 34.0 Å². The molecule has 3 heterocycles. The Balaban J connectivity index is 0.00000500. The zero-order valence-corrected chi connectivity index (χ0v) is 30.1. The van der Waals surface area contributed by atoms with Gasteiger partial charge >= 0.3 is 0 Å². The second kappa shape index (κ2) is 11.2. The molecule has 3 amide bonds. The molecular formula is C39H57N3O5. The highest BCUT2D eigenvalue weighted by Crippen LogP contribution is 2.54. The van der Waals surface area contributed by atoms with Crippen molar-refractivity contribution < 1.29 is 23.9 Å². The number of carbonyl (C=O) groups is 3. The minimum atomic E-state index is -1.25. The first-order chi connectivity index (χ1) is 20.9. The Hall–Kier alpha value is -3.23. The molecule has 2 saturated heterocycles. The molecule has 1 atom stereocenters. The molecule has 3 aliphatic rings. The maximum absolute atomic E-state index is 13.8. The van der Waals surface area contributed by atoms with Gasteiger partial charge in [-0.3, -0.25) is 24.6 Å². The number of imide groups is 1. The van der Waals surface area contributed by atoms with E-state index in [0.717, 1.165) is 17.7 Å². The number of rotatable bonds is 6. The van der Waals surface area contributed by atoms with Crippen molar-refractivity contribution in [2.75, 3.05) is 0 Å². The summed E-state index contributed by atoms with van der Waals surface area (Å²) in [5.74, 6) is -0.404. The van der Waals surface area contributed by atoms with Crippen molar-refractivity contribution in [1.29, 1.82) is 0 Å². The summed E-state index contributed by atoms with van der Waals surface area (Å²) in [6, 6.07) is 14.0. The number of morpholine rings is 1. The van der Waals surface area contributed by atoms with Gasteiger partial charge in [0, 0.05) is 34.2 Å². The minimum Gasteiger partial charge on any atom is -0.489 e.